The molecule has 1 N–H and O–H groups in total. The lowest BCUT2D eigenvalue weighted by molar-refractivity contribution is 0.277. The van der Waals surface area contributed by atoms with Gasteiger partial charge < -0.3 is 14.2 Å². The molecule has 5 heteroatoms. The smallest absolute Gasteiger partial charge is 0.128 e. The Morgan fingerprint density at radius 3 is 2.86 bits per heavy atom. The van der Waals surface area contributed by atoms with Crippen molar-refractivity contribution in [2.24, 2.45) is 7.05 Å². The Bertz CT molecular complexity index is 418. The summed E-state index contributed by atoms with van der Waals surface area (Å²) in [6, 6.07) is 0. The number of aryl methyl sites for hydroxylation is 1. The Morgan fingerprint density at radius 2 is 2.29 bits per heavy atom. The second-order valence-corrected chi connectivity index (χ2v) is 3.15. The third-order valence-corrected chi connectivity index (χ3v) is 2.09. The third-order valence-electron chi connectivity index (χ3n) is 2.09. The molecule has 2 heterocycles. The SMILES string of the molecule is Cn1ccnc1Cn1cnc(CO)c1. The fourth-order valence-corrected chi connectivity index (χ4v) is 1.29. The zero-order valence-electron chi connectivity index (χ0n) is 7.96. The molecule has 2 aromatic heterocycles. The molecule has 2 aromatic rings. The molecule has 0 aromatic carbocycles. The van der Waals surface area contributed by atoms with E-state index in [1.807, 2.05) is 28.6 Å². The van der Waals surface area contributed by atoms with Gasteiger partial charge in [-0.2, -0.15) is 0 Å². The second kappa shape index (κ2) is 3.63. The number of aromatic nitrogens is 4. The molecule has 0 fully saturated rings. The van der Waals surface area contributed by atoms with Gasteiger partial charge >= 0.3 is 0 Å². The van der Waals surface area contributed by atoms with Crippen LogP contribution in [-0.2, 0) is 20.2 Å². The standard InChI is InChI=1S/C9H12N4O/c1-12-3-2-10-9(12)5-13-4-8(6-14)11-7-13/h2-4,7,14H,5-6H2,1H3. The normalized spacial score (nSPS) is 10.7. The van der Waals surface area contributed by atoms with Crippen LogP contribution in [0.25, 0.3) is 0 Å². The summed E-state index contributed by atoms with van der Waals surface area (Å²) < 4.78 is 3.85. The van der Waals surface area contributed by atoms with Crippen molar-refractivity contribution >= 4 is 0 Å². The molecule has 0 saturated heterocycles. The maximum Gasteiger partial charge on any atom is 0.128 e. The topological polar surface area (TPSA) is 55.9 Å². The van der Waals surface area contributed by atoms with Crippen LogP contribution in [0.4, 0.5) is 0 Å². The largest absolute Gasteiger partial charge is 0.390 e. The number of rotatable bonds is 3. The van der Waals surface area contributed by atoms with Crippen LogP contribution in [0.2, 0.25) is 0 Å². The lowest BCUT2D eigenvalue weighted by Gasteiger charge is -2.01. The monoisotopic (exact) mass is 192 g/mol. The molecule has 0 unspecified atom stereocenters. The fraction of sp³-hybridized carbons (Fsp3) is 0.333. The van der Waals surface area contributed by atoms with Crippen molar-refractivity contribution in [1.82, 2.24) is 19.1 Å². The van der Waals surface area contributed by atoms with E-state index in [1.54, 1.807) is 12.5 Å². The molecule has 0 radical (unpaired) electrons. The van der Waals surface area contributed by atoms with Crippen molar-refractivity contribution in [2.75, 3.05) is 0 Å². The van der Waals surface area contributed by atoms with Crippen molar-refractivity contribution < 1.29 is 5.11 Å². The fourth-order valence-electron chi connectivity index (χ4n) is 1.29. The molecule has 2 rings (SSSR count). The molecule has 0 amide bonds. The van der Waals surface area contributed by atoms with E-state index in [0.29, 0.717) is 12.2 Å². The summed E-state index contributed by atoms with van der Waals surface area (Å²) in [5.41, 5.74) is 0.680. The van der Waals surface area contributed by atoms with E-state index in [4.69, 9.17) is 5.11 Å². The highest BCUT2D eigenvalue weighted by atomic mass is 16.3. The molecular formula is C9H12N4O. The summed E-state index contributed by atoms with van der Waals surface area (Å²) in [5, 5.41) is 8.83. The Hall–Kier alpha value is -1.62. The zero-order valence-corrected chi connectivity index (χ0v) is 7.96. The van der Waals surface area contributed by atoms with Crippen molar-refractivity contribution in [1.29, 1.82) is 0 Å². The average Bonchev–Trinajstić information content (AvgIpc) is 2.77. The summed E-state index contributed by atoms with van der Waals surface area (Å²) in [4.78, 5) is 8.22. The molecule has 0 atom stereocenters. The summed E-state index contributed by atoms with van der Waals surface area (Å²) in [6.07, 6.45) is 7.17. The number of imidazole rings is 2. The highest BCUT2D eigenvalue weighted by Crippen LogP contribution is 2.01. The van der Waals surface area contributed by atoms with Crippen molar-refractivity contribution in [2.45, 2.75) is 13.2 Å². The summed E-state index contributed by atoms with van der Waals surface area (Å²) in [6.45, 7) is 0.657. The lowest BCUT2D eigenvalue weighted by atomic mass is 10.5. The van der Waals surface area contributed by atoms with Gasteiger partial charge in [-0.05, 0) is 0 Å². The van der Waals surface area contributed by atoms with Gasteiger partial charge in [0.15, 0.2) is 0 Å². The molecule has 0 spiro atoms. The molecule has 0 aliphatic heterocycles. The van der Waals surface area contributed by atoms with Crippen LogP contribution >= 0.6 is 0 Å². The molecule has 5 nitrogen and oxygen atoms in total. The molecule has 74 valence electrons. The van der Waals surface area contributed by atoms with E-state index in [1.165, 1.54) is 0 Å². The van der Waals surface area contributed by atoms with Gasteiger partial charge in [0.25, 0.3) is 0 Å². The zero-order chi connectivity index (χ0) is 9.97. The maximum atomic E-state index is 8.83. The Kier molecular flexibility index (Phi) is 2.32. The van der Waals surface area contributed by atoms with Crippen LogP contribution in [0.5, 0.6) is 0 Å². The summed E-state index contributed by atoms with van der Waals surface area (Å²) >= 11 is 0. The molecular weight excluding hydrogens is 180 g/mol. The quantitative estimate of drug-likeness (QED) is 0.753. The van der Waals surface area contributed by atoms with Gasteiger partial charge in [-0.1, -0.05) is 0 Å². The number of nitrogens with zero attached hydrogens (tertiary/aromatic N) is 4. The lowest BCUT2D eigenvalue weighted by Crippen LogP contribution is -2.03. The predicted octanol–water partition coefficient (Wildman–Crippen LogP) is 0.157. The maximum absolute atomic E-state index is 8.83. The summed E-state index contributed by atoms with van der Waals surface area (Å²) in [7, 11) is 1.95. The minimum atomic E-state index is -0.0203. The van der Waals surface area contributed by atoms with E-state index >= 15 is 0 Å². The van der Waals surface area contributed by atoms with Crippen molar-refractivity contribution in [3.8, 4) is 0 Å². The first-order chi connectivity index (χ1) is 6.79. The van der Waals surface area contributed by atoms with E-state index in [0.717, 1.165) is 5.82 Å². The highest BCUT2D eigenvalue weighted by Gasteiger charge is 2.01. The minimum Gasteiger partial charge on any atom is -0.390 e. The van der Waals surface area contributed by atoms with Gasteiger partial charge in [0.05, 0.1) is 25.2 Å². The van der Waals surface area contributed by atoms with Gasteiger partial charge in [0.1, 0.15) is 5.82 Å². The molecule has 0 bridgehead atoms. The van der Waals surface area contributed by atoms with Crippen LogP contribution < -0.4 is 0 Å². The Morgan fingerprint density at radius 1 is 1.43 bits per heavy atom. The first-order valence-corrected chi connectivity index (χ1v) is 4.37. The van der Waals surface area contributed by atoms with E-state index < -0.39 is 0 Å². The molecule has 0 saturated carbocycles. The van der Waals surface area contributed by atoms with E-state index in [9.17, 15) is 0 Å². The number of aliphatic hydroxyl groups is 1. The first-order valence-electron chi connectivity index (χ1n) is 4.37. The van der Waals surface area contributed by atoms with Crippen molar-refractivity contribution in [3.05, 3.63) is 36.4 Å². The molecule has 0 aliphatic carbocycles. The van der Waals surface area contributed by atoms with E-state index in [-0.39, 0.29) is 6.61 Å². The van der Waals surface area contributed by atoms with Crippen molar-refractivity contribution in [3.63, 3.8) is 0 Å². The second-order valence-electron chi connectivity index (χ2n) is 3.15. The highest BCUT2D eigenvalue weighted by molar-refractivity contribution is 4.98. The Labute approximate surface area is 81.7 Å². The first kappa shape index (κ1) is 8.96. The van der Waals surface area contributed by atoms with Gasteiger partial charge in [0.2, 0.25) is 0 Å². The van der Waals surface area contributed by atoms with Crippen LogP contribution in [-0.4, -0.2) is 24.2 Å². The van der Waals surface area contributed by atoms with Gasteiger partial charge in [-0.25, -0.2) is 9.97 Å². The van der Waals surface area contributed by atoms with Gasteiger partial charge in [0, 0.05) is 25.6 Å². The third kappa shape index (κ3) is 1.67. The van der Waals surface area contributed by atoms with Crippen LogP contribution in [0.1, 0.15) is 11.5 Å². The van der Waals surface area contributed by atoms with Gasteiger partial charge in [-0.15, -0.1) is 0 Å². The molecule has 14 heavy (non-hydrogen) atoms. The number of hydrogen-bond donors (Lipinski definition) is 1. The minimum absolute atomic E-state index is 0.0203. The number of aliphatic hydroxyl groups excluding tert-OH is 1. The van der Waals surface area contributed by atoms with Crippen LogP contribution in [0.3, 0.4) is 0 Å². The van der Waals surface area contributed by atoms with E-state index in [2.05, 4.69) is 9.97 Å². The summed E-state index contributed by atoms with van der Waals surface area (Å²) in [5.74, 6) is 0.965. The average molecular weight is 192 g/mol. The predicted molar refractivity (Wildman–Crippen MR) is 50.5 cm³/mol. The Balaban J connectivity index is 2.15. The van der Waals surface area contributed by atoms with Gasteiger partial charge in [-0.3, -0.25) is 0 Å². The number of hydrogen-bond acceptors (Lipinski definition) is 3. The van der Waals surface area contributed by atoms with Crippen LogP contribution in [0, 0.1) is 0 Å². The van der Waals surface area contributed by atoms with Crippen LogP contribution in [0.15, 0.2) is 24.9 Å². The molecule has 0 aliphatic rings.